The first-order chi connectivity index (χ1) is 7.84. The summed E-state index contributed by atoms with van der Waals surface area (Å²) in [7, 11) is 0. The maximum Gasteiger partial charge on any atom is 0.248 e. The van der Waals surface area contributed by atoms with E-state index < -0.39 is 0 Å². The lowest BCUT2D eigenvalue weighted by molar-refractivity contribution is -0.111. The van der Waals surface area contributed by atoms with Gasteiger partial charge in [-0.05, 0) is 29.7 Å². The van der Waals surface area contributed by atoms with Crippen LogP contribution in [0.15, 0.2) is 48.1 Å². The minimum absolute atomic E-state index is 0.151. The predicted molar refractivity (Wildman–Crippen MR) is 66.2 cm³/mol. The molecule has 0 unspecified atom stereocenters. The zero-order chi connectivity index (χ0) is 11.2. The van der Waals surface area contributed by atoms with Gasteiger partial charge in [-0.3, -0.25) is 9.78 Å². The Hall–Kier alpha value is -1.94. The molecule has 2 aromatic rings. The molecule has 2 rings (SSSR count). The maximum atomic E-state index is 11.5. The van der Waals surface area contributed by atoms with Crippen molar-refractivity contribution in [1.82, 2.24) is 4.98 Å². The largest absolute Gasteiger partial charge is 0.321 e. The molecular formula is C12H10N2OS. The second-order valence-electron chi connectivity index (χ2n) is 3.08. The van der Waals surface area contributed by atoms with Gasteiger partial charge in [-0.2, -0.15) is 0 Å². The summed E-state index contributed by atoms with van der Waals surface area (Å²) >= 11 is 1.59. The van der Waals surface area contributed by atoms with Gasteiger partial charge in [0.25, 0.3) is 0 Å². The summed E-state index contributed by atoms with van der Waals surface area (Å²) < 4.78 is 0. The van der Waals surface area contributed by atoms with Crippen molar-refractivity contribution in [1.29, 1.82) is 0 Å². The molecule has 1 N–H and O–H groups in total. The van der Waals surface area contributed by atoms with Crippen molar-refractivity contribution in [3.05, 3.63) is 53.0 Å². The molecular weight excluding hydrogens is 220 g/mol. The first-order valence-corrected chi connectivity index (χ1v) is 5.65. The van der Waals surface area contributed by atoms with Crippen molar-refractivity contribution in [3.63, 3.8) is 0 Å². The molecule has 1 amide bonds. The second-order valence-corrected chi connectivity index (χ2v) is 4.06. The van der Waals surface area contributed by atoms with Crippen molar-refractivity contribution < 1.29 is 4.79 Å². The first kappa shape index (κ1) is 10.6. The van der Waals surface area contributed by atoms with Crippen molar-refractivity contribution in [3.8, 4) is 0 Å². The molecule has 2 aromatic heterocycles. The van der Waals surface area contributed by atoms with E-state index in [-0.39, 0.29) is 5.91 Å². The molecule has 3 nitrogen and oxygen atoms in total. The molecule has 16 heavy (non-hydrogen) atoms. The molecule has 0 fully saturated rings. The summed E-state index contributed by atoms with van der Waals surface area (Å²) in [4.78, 5) is 16.5. The lowest BCUT2D eigenvalue weighted by Crippen LogP contribution is -2.07. The molecule has 2 heterocycles. The number of carbonyl (C=O) groups is 1. The van der Waals surface area contributed by atoms with E-state index in [4.69, 9.17) is 0 Å². The molecule has 4 heteroatoms. The van der Waals surface area contributed by atoms with E-state index in [0.29, 0.717) is 5.69 Å². The van der Waals surface area contributed by atoms with Crippen molar-refractivity contribution in [2.45, 2.75) is 0 Å². The molecule has 0 radical (unpaired) electrons. The van der Waals surface area contributed by atoms with E-state index in [1.54, 1.807) is 41.9 Å². The van der Waals surface area contributed by atoms with Crippen LogP contribution in [0.4, 0.5) is 5.69 Å². The number of carbonyl (C=O) groups excluding carboxylic acids is 1. The average molecular weight is 230 g/mol. The van der Waals surface area contributed by atoms with Crippen LogP contribution >= 0.6 is 11.3 Å². The Morgan fingerprint density at radius 1 is 1.38 bits per heavy atom. The van der Waals surface area contributed by atoms with Crippen LogP contribution in [0, 0.1) is 0 Å². The van der Waals surface area contributed by atoms with Crippen molar-refractivity contribution >= 4 is 29.0 Å². The Balaban J connectivity index is 1.95. The standard InChI is InChI=1S/C12H10N2OS/c15-12(6-5-11-4-2-8-16-11)14-10-3-1-7-13-9-10/h1-9H,(H,14,15)/b6-5+. The minimum Gasteiger partial charge on any atom is -0.321 e. The number of aromatic nitrogens is 1. The van der Waals surface area contributed by atoms with Gasteiger partial charge < -0.3 is 5.32 Å². The van der Waals surface area contributed by atoms with Crippen LogP contribution < -0.4 is 5.32 Å². The van der Waals surface area contributed by atoms with E-state index >= 15 is 0 Å². The zero-order valence-corrected chi connectivity index (χ0v) is 9.28. The van der Waals surface area contributed by atoms with E-state index in [0.717, 1.165) is 4.88 Å². The molecule has 0 atom stereocenters. The number of hydrogen-bond acceptors (Lipinski definition) is 3. The van der Waals surface area contributed by atoms with Crippen LogP contribution in [0.1, 0.15) is 4.88 Å². The number of nitrogens with one attached hydrogen (secondary N) is 1. The molecule has 0 aliphatic rings. The maximum absolute atomic E-state index is 11.5. The number of hydrogen-bond donors (Lipinski definition) is 1. The fourth-order valence-electron chi connectivity index (χ4n) is 1.16. The highest BCUT2D eigenvalue weighted by Gasteiger charge is 1.96. The average Bonchev–Trinajstić information content (AvgIpc) is 2.81. The summed E-state index contributed by atoms with van der Waals surface area (Å²) in [6.07, 6.45) is 6.57. The molecule has 0 saturated carbocycles. The van der Waals surface area contributed by atoms with Gasteiger partial charge in [0.05, 0.1) is 11.9 Å². The second kappa shape index (κ2) is 5.23. The molecule has 0 aromatic carbocycles. The van der Waals surface area contributed by atoms with Gasteiger partial charge in [0, 0.05) is 17.2 Å². The number of rotatable bonds is 3. The molecule has 0 aliphatic carbocycles. The Bertz CT molecular complexity index is 477. The third-order valence-corrected chi connectivity index (χ3v) is 2.71. The predicted octanol–water partition coefficient (Wildman–Crippen LogP) is 2.79. The fourth-order valence-corrected chi connectivity index (χ4v) is 1.78. The normalized spacial score (nSPS) is 10.5. The highest BCUT2D eigenvalue weighted by atomic mass is 32.1. The van der Waals surface area contributed by atoms with Gasteiger partial charge in [-0.1, -0.05) is 6.07 Å². The number of amides is 1. The Morgan fingerprint density at radius 2 is 2.31 bits per heavy atom. The van der Waals surface area contributed by atoms with Gasteiger partial charge in [0.15, 0.2) is 0 Å². The monoisotopic (exact) mass is 230 g/mol. The van der Waals surface area contributed by atoms with Crippen molar-refractivity contribution in [2.75, 3.05) is 5.32 Å². The smallest absolute Gasteiger partial charge is 0.248 e. The fraction of sp³-hybridized carbons (Fsp3) is 0. The third-order valence-electron chi connectivity index (χ3n) is 1.87. The van der Waals surface area contributed by atoms with Gasteiger partial charge in [0.1, 0.15) is 0 Å². The quantitative estimate of drug-likeness (QED) is 0.824. The number of anilines is 1. The van der Waals surface area contributed by atoms with Crippen LogP contribution in [-0.4, -0.2) is 10.9 Å². The van der Waals surface area contributed by atoms with Crippen molar-refractivity contribution in [2.24, 2.45) is 0 Å². The molecule has 0 saturated heterocycles. The molecule has 0 spiro atoms. The van der Waals surface area contributed by atoms with Gasteiger partial charge >= 0.3 is 0 Å². The van der Waals surface area contributed by atoms with Gasteiger partial charge in [-0.15, -0.1) is 11.3 Å². The van der Waals surface area contributed by atoms with E-state index in [2.05, 4.69) is 10.3 Å². The summed E-state index contributed by atoms with van der Waals surface area (Å²) in [6, 6.07) is 7.48. The van der Waals surface area contributed by atoms with Gasteiger partial charge in [0.2, 0.25) is 5.91 Å². The lowest BCUT2D eigenvalue weighted by atomic mass is 10.3. The highest BCUT2D eigenvalue weighted by Crippen LogP contribution is 2.10. The number of pyridine rings is 1. The minimum atomic E-state index is -0.151. The number of thiophene rings is 1. The van der Waals surface area contributed by atoms with E-state index in [1.165, 1.54) is 6.08 Å². The van der Waals surface area contributed by atoms with Crippen LogP contribution in [0.2, 0.25) is 0 Å². The van der Waals surface area contributed by atoms with Crippen LogP contribution in [0.3, 0.4) is 0 Å². The summed E-state index contributed by atoms with van der Waals surface area (Å²) in [5.74, 6) is -0.151. The van der Waals surface area contributed by atoms with Crippen LogP contribution in [-0.2, 0) is 4.79 Å². The van der Waals surface area contributed by atoms with E-state index in [1.807, 2.05) is 17.5 Å². The van der Waals surface area contributed by atoms with Gasteiger partial charge in [-0.25, -0.2) is 0 Å². The van der Waals surface area contributed by atoms with Crippen LogP contribution in [0.25, 0.3) is 6.08 Å². The third kappa shape index (κ3) is 3.03. The van der Waals surface area contributed by atoms with E-state index in [9.17, 15) is 4.79 Å². The Kier molecular flexibility index (Phi) is 3.46. The zero-order valence-electron chi connectivity index (χ0n) is 8.46. The highest BCUT2D eigenvalue weighted by molar-refractivity contribution is 7.10. The molecule has 0 aliphatic heterocycles. The summed E-state index contributed by atoms with van der Waals surface area (Å²) in [6.45, 7) is 0. The number of nitrogens with zero attached hydrogens (tertiary/aromatic N) is 1. The Morgan fingerprint density at radius 3 is 3.00 bits per heavy atom. The molecule has 0 bridgehead atoms. The topological polar surface area (TPSA) is 42.0 Å². The lowest BCUT2D eigenvalue weighted by Gasteiger charge is -1.99. The molecule has 80 valence electrons. The van der Waals surface area contributed by atoms with Crippen LogP contribution in [0.5, 0.6) is 0 Å². The summed E-state index contributed by atoms with van der Waals surface area (Å²) in [5.41, 5.74) is 0.698. The SMILES string of the molecule is O=C(/C=C/c1cccs1)Nc1cccnc1. The Labute approximate surface area is 97.5 Å². The first-order valence-electron chi connectivity index (χ1n) is 4.77. The summed E-state index contributed by atoms with van der Waals surface area (Å²) in [5, 5.41) is 4.69.